The first-order valence-corrected chi connectivity index (χ1v) is 6.15. The van der Waals surface area contributed by atoms with Gasteiger partial charge in [0.1, 0.15) is 6.54 Å². The van der Waals surface area contributed by atoms with E-state index >= 15 is 0 Å². The lowest BCUT2D eigenvalue weighted by Crippen LogP contribution is -2.43. The van der Waals surface area contributed by atoms with Gasteiger partial charge in [-0.15, -0.1) is 4.91 Å². The highest BCUT2D eigenvalue weighted by molar-refractivity contribution is 5.82. The largest absolute Gasteiger partial charge is 0.449 e. The third kappa shape index (κ3) is 4.71. The summed E-state index contributed by atoms with van der Waals surface area (Å²) in [6.07, 6.45) is -3.00. The summed E-state index contributed by atoms with van der Waals surface area (Å²) in [5.41, 5.74) is 0. The lowest BCUT2D eigenvalue weighted by atomic mass is 10.2. The van der Waals surface area contributed by atoms with Gasteiger partial charge >= 0.3 is 6.09 Å². The number of hydrogen-bond acceptors (Lipinski definition) is 5. The molecule has 0 aromatic carbocycles. The second-order valence-electron chi connectivity index (χ2n) is 5.01. The zero-order chi connectivity index (χ0) is 15.3. The maximum Gasteiger partial charge on any atom is 0.407 e. The molecule has 0 unspecified atom stereocenters. The molecule has 20 heavy (non-hydrogen) atoms. The molecule has 1 aliphatic heterocycles. The number of halogens is 2. The fourth-order valence-corrected chi connectivity index (χ4v) is 1.69. The van der Waals surface area contributed by atoms with Gasteiger partial charge in [0.15, 0.2) is 6.17 Å². The summed E-state index contributed by atoms with van der Waals surface area (Å²) < 4.78 is 30.9. The quantitative estimate of drug-likeness (QED) is 0.774. The Labute approximate surface area is 114 Å². The molecule has 0 aromatic rings. The average molecular weight is 293 g/mol. The number of rotatable bonds is 5. The van der Waals surface area contributed by atoms with Crippen LogP contribution in [0.5, 0.6) is 0 Å². The molecule has 1 rings (SSSR count). The SMILES string of the molecule is CC(C)COC(=O)NCC(=O)N1CC(F)(F)C[C@H]1N=O. The van der Waals surface area contributed by atoms with Crippen molar-refractivity contribution in [1.29, 1.82) is 0 Å². The van der Waals surface area contributed by atoms with Crippen LogP contribution in [0.25, 0.3) is 0 Å². The Balaban J connectivity index is 2.42. The minimum atomic E-state index is -3.13. The third-order valence-electron chi connectivity index (χ3n) is 2.62. The van der Waals surface area contributed by atoms with Crippen molar-refractivity contribution in [2.45, 2.75) is 32.4 Å². The summed E-state index contributed by atoms with van der Waals surface area (Å²) in [6.45, 7) is 2.47. The van der Waals surface area contributed by atoms with Crippen molar-refractivity contribution in [2.75, 3.05) is 19.7 Å². The minimum Gasteiger partial charge on any atom is -0.449 e. The Bertz CT molecular complexity index is 390. The van der Waals surface area contributed by atoms with E-state index in [-0.39, 0.29) is 12.5 Å². The number of alkyl carbamates (subject to hydrolysis) is 1. The molecule has 0 spiro atoms. The van der Waals surface area contributed by atoms with Crippen molar-refractivity contribution in [1.82, 2.24) is 10.2 Å². The molecule has 1 saturated heterocycles. The number of carbonyl (C=O) groups is 2. The molecule has 0 saturated carbocycles. The van der Waals surface area contributed by atoms with Crippen LogP contribution in [0.3, 0.4) is 0 Å². The van der Waals surface area contributed by atoms with E-state index in [0.29, 0.717) is 4.90 Å². The topological polar surface area (TPSA) is 88.1 Å². The highest BCUT2D eigenvalue weighted by Crippen LogP contribution is 2.32. The van der Waals surface area contributed by atoms with Gasteiger partial charge in [0.05, 0.1) is 19.6 Å². The molecule has 0 bridgehead atoms. The van der Waals surface area contributed by atoms with Crippen molar-refractivity contribution in [3.05, 3.63) is 4.91 Å². The molecule has 0 aromatic heterocycles. The summed E-state index contributed by atoms with van der Waals surface area (Å²) in [5.74, 6) is -3.79. The van der Waals surface area contributed by atoms with Crippen LogP contribution in [0.1, 0.15) is 20.3 Å². The van der Waals surface area contributed by atoms with Crippen molar-refractivity contribution in [2.24, 2.45) is 11.1 Å². The number of carbonyl (C=O) groups excluding carboxylic acids is 2. The Hall–Kier alpha value is -1.80. The van der Waals surface area contributed by atoms with E-state index in [2.05, 4.69) is 10.5 Å². The normalized spacial score (nSPS) is 20.9. The zero-order valence-corrected chi connectivity index (χ0v) is 11.3. The molecule has 7 nitrogen and oxygen atoms in total. The Morgan fingerprint density at radius 3 is 2.70 bits per heavy atom. The van der Waals surface area contributed by atoms with Crippen molar-refractivity contribution < 1.29 is 23.1 Å². The highest BCUT2D eigenvalue weighted by Gasteiger charge is 2.47. The van der Waals surface area contributed by atoms with Crippen molar-refractivity contribution in [3.8, 4) is 0 Å². The lowest BCUT2D eigenvalue weighted by molar-refractivity contribution is -0.132. The second-order valence-corrected chi connectivity index (χ2v) is 5.01. The maximum atomic E-state index is 13.1. The predicted octanol–water partition coefficient (Wildman–Crippen LogP) is 1.33. The van der Waals surface area contributed by atoms with Crippen LogP contribution < -0.4 is 5.32 Å². The minimum absolute atomic E-state index is 0.136. The Morgan fingerprint density at radius 2 is 2.15 bits per heavy atom. The number of nitrogens with one attached hydrogen (secondary N) is 1. The van der Waals surface area contributed by atoms with Gasteiger partial charge in [-0.05, 0) is 11.1 Å². The zero-order valence-electron chi connectivity index (χ0n) is 11.3. The van der Waals surface area contributed by atoms with Crippen LogP contribution in [0, 0.1) is 10.8 Å². The van der Waals surface area contributed by atoms with Gasteiger partial charge in [-0.1, -0.05) is 13.8 Å². The molecule has 2 amide bonds. The first-order chi connectivity index (χ1) is 9.25. The van der Waals surface area contributed by atoms with Gasteiger partial charge in [0.25, 0.3) is 5.92 Å². The molecule has 114 valence electrons. The molecule has 0 aliphatic carbocycles. The predicted molar refractivity (Wildman–Crippen MR) is 65.0 cm³/mol. The van der Waals surface area contributed by atoms with Gasteiger partial charge in [-0.3, -0.25) is 4.79 Å². The number of nitroso groups, excluding NO2 is 1. The van der Waals surface area contributed by atoms with Crippen LogP contribution in [-0.4, -0.2) is 48.7 Å². The summed E-state index contributed by atoms with van der Waals surface area (Å²) in [5, 5.41) is 4.65. The van der Waals surface area contributed by atoms with Crippen LogP contribution in [-0.2, 0) is 9.53 Å². The monoisotopic (exact) mass is 293 g/mol. The van der Waals surface area contributed by atoms with Crippen LogP contribution in [0.4, 0.5) is 13.6 Å². The van der Waals surface area contributed by atoms with Gasteiger partial charge in [0, 0.05) is 0 Å². The van der Waals surface area contributed by atoms with E-state index in [1.165, 1.54) is 0 Å². The molecular weight excluding hydrogens is 276 g/mol. The van der Waals surface area contributed by atoms with E-state index < -0.39 is 43.6 Å². The maximum absolute atomic E-state index is 13.1. The highest BCUT2D eigenvalue weighted by atomic mass is 19.3. The van der Waals surface area contributed by atoms with Gasteiger partial charge in [-0.25, -0.2) is 13.6 Å². The summed E-state index contributed by atoms with van der Waals surface area (Å²) in [7, 11) is 0. The Morgan fingerprint density at radius 1 is 1.50 bits per heavy atom. The average Bonchev–Trinajstić information content (AvgIpc) is 2.68. The first kappa shape index (κ1) is 16.3. The summed E-state index contributed by atoms with van der Waals surface area (Å²) >= 11 is 0. The number of hydrogen-bond donors (Lipinski definition) is 1. The molecule has 0 radical (unpaired) electrons. The van der Waals surface area contributed by atoms with E-state index in [1.807, 2.05) is 13.8 Å². The van der Waals surface area contributed by atoms with E-state index in [4.69, 9.17) is 4.74 Å². The summed E-state index contributed by atoms with van der Waals surface area (Å²) in [6, 6.07) is 0. The number of likely N-dealkylation sites (tertiary alicyclic amines) is 1. The standard InChI is InChI=1S/C11H17F2N3O4/c1-7(2)5-20-10(18)14-4-9(17)16-6-11(12,13)3-8(16)15-19/h7-8H,3-6H2,1-2H3,(H,14,18)/t8-/m0/s1. The van der Waals surface area contributed by atoms with Crippen molar-refractivity contribution in [3.63, 3.8) is 0 Å². The van der Waals surface area contributed by atoms with Gasteiger partial charge in [0.2, 0.25) is 5.91 Å². The number of amides is 2. The molecule has 1 atom stereocenters. The van der Waals surface area contributed by atoms with Gasteiger partial charge < -0.3 is 15.0 Å². The first-order valence-electron chi connectivity index (χ1n) is 6.15. The fraction of sp³-hybridized carbons (Fsp3) is 0.818. The molecular formula is C11H17F2N3O4. The molecule has 1 N–H and O–H groups in total. The van der Waals surface area contributed by atoms with Crippen LogP contribution in [0.2, 0.25) is 0 Å². The third-order valence-corrected chi connectivity index (χ3v) is 2.62. The van der Waals surface area contributed by atoms with E-state index in [0.717, 1.165) is 0 Å². The van der Waals surface area contributed by atoms with E-state index in [9.17, 15) is 23.3 Å². The number of alkyl halides is 2. The second kappa shape index (κ2) is 6.58. The molecule has 1 heterocycles. The van der Waals surface area contributed by atoms with Gasteiger partial charge in [-0.2, -0.15) is 0 Å². The Kier molecular flexibility index (Phi) is 5.34. The fourth-order valence-electron chi connectivity index (χ4n) is 1.69. The van der Waals surface area contributed by atoms with Crippen LogP contribution in [0.15, 0.2) is 5.18 Å². The van der Waals surface area contributed by atoms with E-state index in [1.54, 1.807) is 0 Å². The molecule has 1 aliphatic rings. The smallest absolute Gasteiger partial charge is 0.407 e. The summed E-state index contributed by atoms with van der Waals surface area (Å²) in [4.78, 5) is 34.0. The number of ether oxygens (including phenoxy) is 1. The lowest BCUT2D eigenvalue weighted by Gasteiger charge is -2.19. The van der Waals surface area contributed by atoms with Crippen LogP contribution >= 0.6 is 0 Å². The molecule has 1 fully saturated rings. The van der Waals surface area contributed by atoms with Crippen molar-refractivity contribution >= 4 is 12.0 Å². The number of nitrogens with zero attached hydrogens (tertiary/aromatic N) is 2. The molecule has 9 heteroatoms.